The fraction of sp³-hybridized carbons (Fsp3) is 0.429. The van der Waals surface area contributed by atoms with Crippen molar-refractivity contribution in [2.75, 3.05) is 25.7 Å². The minimum atomic E-state index is -0.830. The number of aromatic nitrogens is 1. The molecule has 1 aromatic heterocycles. The number of aromatic amines is 1. The second-order valence-electron chi connectivity index (χ2n) is 7.29. The Morgan fingerprint density at radius 3 is 2.84 bits per heavy atom. The highest BCUT2D eigenvalue weighted by atomic mass is 32.2. The summed E-state index contributed by atoms with van der Waals surface area (Å²) in [5, 5.41) is 18.3. The van der Waals surface area contributed by atoms with E-state index in [0.717, 1.165) is 10.9 Å². The number of amides is 3. The van der Waals surface area contributed by atoms with Crippen LogP contribution in [0.2, 0.25) is 0 Å². The smallest absolute Gasteiger partial charge is 0.268 e. The van der Waals surface area contributed by atoms with Crippen molar-refractivity contribution in [2.24, 2.45) is 5.92 Å². The Morgan fingerprint density at radius 2 is 2.19 bits per heavy atom. The number of ether oxygens (including phenoxy) is 1. The molecule has 1 aromatic carbocycles. The summed E-state index contributed by atoms with van der Waals surface area (Å²) in [6, 6.07) is 7.53. The number of fused-ring (bicyclic) bond motifs is 1. The van der Waals surface area contributed by atoms with Crippen molar-refractivity contribution in [3.8, 4) is 11.8 Å². The number of hydrogen-bond acceptors (Lipinski definition) is 6. The summed E-state index contributed by atoms with van der Waals surface area (Å²) in [4.78, 5) is 40.4. The number of nitrogens with one attached hydrogen (secondary N) is 4. The molecule has 1 saturated heterocycles. The Kier molecular flexibility index (Phi) is 7.41. The van der Waals surface area contributed by atoms with Gasteiger partial charge in [-0.05, 0) is 37.3 Å². The Balaban J connectivity index is 1.68. The van der Waals surface area contributed by atoms with E-state index >= 15 is 0 Å². The first-order valence-electron chi connectivity index (χ1n) is 9.90. The molecule has 3 amide bonds. The van der Waals surface area contributed by atoms with Crippen LogP contribution in [0.5, 0.6) is 5.75 Å². The molecule has 4 N–H and O–H groups in total. The Morgan fingerprint density at radius 1 is 1.39 bits per heavy atom. The molecule has 0 bridgehead atoms. The molecule has 9 nitrogen and oxygen atoms in total. The van der Waals surface area contributed by atoms with Crippen LogP contribution in [0.3, 0.4) is 0 Å². The van der Waals surface area contributed by atoms with Gasteiger partial charge in [-0.1, -0.05) is 6.07 Å². The number of rotatable bonds is 9. The summed E-state index contributed by atoms with van der Waals surface area (Å²) in [5.74, 6) is -0.308. The summed E-state index contributed by atoms with van der Waals surface area (Å²) in [5.41, 5.74) is 1.05. The minimum Gasteiger partial charge on any atom is -0.496 e. The van der Waals surface area contributed by atoms with Gasteiger partial charge >= 0.3 is 0 Å². The number of carbonyl (C=O) groups is 3. The van der Waals surface area contributed by atoms with E-state index in [9.17, 15) is 19.6 Å². The molecule has 0 unspecified atom stereocenters. The normalized spacial score (nSPS) is 17.5. The molecule has 1 aliphatic heterocycles. The average molecular weight is 444 g/mol. The molecule has 2 heterocycles. The van der Waals surface area contributed by atoms with Gasteiger partial charge < -0.3 is 25.7 Å². The van der Waals surface area contributed by atoms with Gasteiger partial charge in [0.2, 0.25) is 11.8 Å². The number of nitriles is 1. The van der Waals surface area contributed by atoms with Crippen LogP contribution in [0, 0.1) is 17.2 Å². The Hall–Kier alpha value is -3.19. The molecular weight excluding hydrogens is 418 g/mol. The zero-order valence-electron chi connectivity index (χ0n) is 17.4. The molecule has 3 atom stereocenters. The highest BCUT2D eigenvalue weighted by molar-refractivity contribution is 7.98. The van der Waals surface area contributed by atoms with E-state index in [0.29, 0.717) is 30.2 Å². The molecule has 31 heavy (non-hydrogen) atoms. The molecule has 0 radical (unpaired) electrons. The van der Waals surface area contributed by atoms with Crippen molar-refractivity contribution in [2.45, 2.75) is 24.9 Å². The summed E-state index contributed by atoms with van der Waals surface area (Å²) in [6.07, 6.45) is 2.71. The molecule has 1 fully saturated rings. The maximum absolute atomic E-state index is 12.8. The van der Waals surface area contributed by atoms with Crippen molar-refractivity contribution >= 4 is 40.4 Å². The van der Waals surface area contributed by atoms with Crippen LogP contribution in [0.25, 0.3) is 10.9 Å². The first kappa shape index (κ1) is 22.5. The van der Waals surface area contributed by atoms with Gasteiger partial charge in [0, 0.05) is 29.1 Å². The lowest BCUT2D eigenvalue weighted by Crippen LogP contribution is -2.51. The summed E-state index contributed by atoms with van der Waals surface area (Å²) < 4.78 is 5.32. The molecule has 3 rings (SSSR count). The standard InChI is InChI=1S/C21H25N5O4S/c1-30-18-5-3-4-15-14(18)9-16(25-15)20(28)26-17(11-31-2)21(29)24-13(10-22)8-12-6-7-23-19(12)27/h3-5,9,12-13,17,25H,6-8,11H2,1-2H3,(H,23,27)(H,24,29)(H,26,28)/t12-,13-,17-/m0/s1. The zero-order chi connectivity index (χ0) is 22.4. The van der Waals surface area contributed by atoms with Crippen LogP contribution in [0.4, 0.5) is 0 Å². The van der Waals surface area contributed by atoms with E-state index in [1.165, 1.54) is 11.8 Å². The lowest BCUT2D eigenvalue weighted by atomic mass is 9.99. The quantitative estimate of drug-likeness (QED) is 0.459. The second-order valence-corrected chi connectivity index (χ2v) is 8.20. The van der Waals surface area contributed by atoms with E-state index in [1.54, 1.807) is 19.2 Å². The van der Waals surface area contributed by atoms with Crippen LogP contribution in [-0.2, 0) is 9.59 Å². The van der Waals surface area contributed by atoms with Crippen LogP contribution < -0.4 is 20.7 Å². The first-order valence-corrected chi connectivity index (χ1v) is 11.3. The van der Waals surface area contributed by atoms with E-state index in [1.807, 2.05) is 24.5 Å². The Bertz CT molecular complexity index is 1010. The molecule has 0 spiro atoms. The predicted octanol–water partition coefficient (Wildman–Crippen LogP) is 1.17. The topological polar surface area (TPSA) is 136 Å². The lowest BCUT2D eigenvalue weighted by molar-refractivity contribution is -0.125. The van der Waals surface area contributed by atoms with E-state index in [2.05, 4.69) is 20.9 Å². The van der Waals surface area contributed by atoms with Crippen molar-refractivity contribution < 1.29 is 19.1 Å². The fourth-order valence-electron chi connectivity index (χ4n) is 3.58. The highest BCUT2D eigenvalue weighted by Gasteiger charge is 2.30. The van der Waals surface area contributed by atoms with Gasteiger partial charge in [0.15, 0.2) is 0 Å². The van der Waals surface area contributed by atoms with Gasteiger partial charge in [0.25, 0.3) is 5.91 Å². The summed E-state index contributed by atoms with van der Waals surface area (Å²) in [6.45, 7) is 0.579. The van der Waals surface area contributed by atoms with Gasteiger partial charge in [-0.2, -0.15) is 17.0 Å². The van der Waals surface area contributed by atoms with Gasteiger partial charge in [-0.3, -0.25) is 14.4 Å². The molecular formula is C21H25N5O4S. The van der Waals surface area contributed by atoms with Crippen molar-refractivity contribution in [1.82, 2.24) is 20.9 Å². The highest BCUT2D eigenvalue weighted by Crippen LogP contribution is 2.26. The van der Waals surface area contributed by atoms with E-state index < -0.39 is 23.9 Å². The zero-order valence-corrected chi connectivity index (χ0v) is 18.2. The third-order valence-electron chi connectivity index (χ3n) is 5.20. The molecule has 0 aliphatic carbocycles. The molecule has 10 heteroatoms. The molecule has 1 aliphatic rings. The number of benzene rings is 1. The van der Waals surface area contributed by atoms with Crippen molar-refractivity contribution in [3.63, 3.8) is 0 Å². The minimum absolute atomic E-state index is 0.0993. The number of thioether (sulfide) groups is 1. The molecule has 0 saturated carbocycles. The third-order valence-corrected chi connectivity index (χ3v) is 5.87. The fourth-order valence-corrected chi connectivity index (χ4v) is 4.15. The predicted molar refractivity (Wildman–Crippen MR) is 118 cm³/mol. The monoisotopic (exact) mass is 443 g/mol. The first-order chi connectivity index (χ1) is 15.0. The van der Waals surface area contributed by atoms with Gasteiger partial charge in [-0.15, -0.1) is 0 Å². The van der Waals surface area contributed by atoms with Crippen LogP contribution in [-0.4, -0.2) is 60.5 Å². The number of carbonyl (C=O) groups excluding carboxylic acids is 3. The number of methoxy groups -OCH3 is 1. The maximum Gasteiger partial charge on any atom is 0.268 e. The van der Waals surface area contributed by atoms with Crippen LogP contribution in [0.15, 0.2) is 24.3 Å². The number of H-pyrrole nitrogens is 1. The summed E-state index contributed by atoms with van der Waals surface area (Å²) >= 11 is 1.40. The second kappa shape index (κ2) is 10.2. The lowest BCUT2D eigenvalue weighted by Gasteiger charge is -2.20. The van der Waals surface area contributed by atoms with Crippen LogP contribution in [0.1, 0.15) is 23.3 Å². The summed E-state index contributed by atoms with van der Waals surface area (Å²) in [7, 11) is 1.56. The SMILES string of the molecule is COc1cccc2[nH]c(C(=O)N[C@@H](CSC)C(=O)N[C@H](C#N)C[C@@H]3CCNC3=O)cc12. The van der Waals surface area contributed by atoms with Crippen molar-refractivity contribution in [3.05, 3.63) is 30.0 Å². The van der Waals surface area contributed by atoms with Crippen LogP contribution >= 0.6 is 11.8 Å². The van der Waals surface area contributed by atoms with E-state index in [4.69, 9.17) is 4.74 Å². The largest absolute Gasteiger partial charge is 0.496 e. The number of hydrogen-bond donors (Lipinski definition) is 4. The van der Waals surface area contributed by atoms with Gasteiger partial charge in [0.1, 0.15) is 23.5 Å². The van der Waals surface area contributed by atoms with Gasteiger partial charge in [0.05, 0.1) is 13.2 Å². The Labute approximate surface area is 184 Å². The third kappa shape index (κ3) is 5.30. The van der Waals surface area contributed by atoms with Gasteiger partial charge in [-0.25, -0.2) is 0 Å². The average Bonchev–Trinajstić information content (AvgIpc) is 3.38. The number of nitrogens with zero attached hydrogens (tertiary/aromatic N) is 1. The molecule has 164 valence electrons. The van der Waals surface area contributed by atoms with E-state index in [-0.39, 0.29) is 18.2 Å². The maximum atomic E-state index is 12.8. The molecule has 2 aromatic rings. The van der Waals surface area contributed by atoms with Crippen molar-refractivity contribution in [1.29, 1.82) is 5.26 Å².